The van der Waals surface area contributed by atoms with E-state index in [9.17, 15) is 13.2 Å². The number of rotatable bonds is 2. The fourth-order valence-electron chi connectivity index (χ4n) is 0.114. The van der Waals surface area contributed by atoms with Gasteiger partial charge < -0.3 is 5.48 Å². The molecule has 0 atom stereocenters. The second-order valence-electron chi connectivity index (χ2n) is 0.995. The molecular formula is C2H7ClF3NO3. The predicted octanol–water partition coefficient (Wildman–Crippen LogP) is 0.0562. The van der Waals surface area contributed by atoms with E-state index in [1.165, 1.54) is 0 Å². The van der Waals surface area contributed by atoms with E-state index in [-0.39, 0.29) is 17.9 Å². The first-order valence-corrected chi connectivity index (χ1v) is 1.64. The Balaban J connectivity index is -0.000000245. The third kappa shape index (κ3) is 15.7. The smallest absolute Gasteiger partial charge is 0.412 e. The molecule has 0 radical (unpaired) electrons. The summed E-state index contributed by atoms with van der Waals surface area (Å²) in [6, 6.07) is 0. The molecule has 0 heterocycles. The van der Waals surface area contributed by atoms with Crippen molar-refractivity contribution in [3.63, 3.8) is 0 Å². The SMILES string of the molecule is Cl.O.ONOCC(F)(F)F. The number of alkyl halides is 3. The van der Waals surface area contributed by atoms with Gasteiger partial charge in [-0.05, 0) is 0 Å². The Kier molecular flexibility index (Phi) is 11.6. The van der Waals surface area contributed by atoms with Gasteiger partial charge in [0.25, 0.3) is 0 Å². The zero-order valence-electron chi connectivity index (χ0n) is 4.60. The molecule has 8 heteroatoms. The first-order valence-electron chi connectivity index (χ1n) is 1.64. The second kappa shape index (κ2) is 7.03. The van der Waals surface area contributed by atoms with Crippen LogP contribution in [-0.2, 0) is 4.84 Å². The zero-order chi connectivity index (χ0) is 6.62. The minimum Gasteiger partial charge on any atom is -0.412 e. The number of hydrogen-bond donors (Lipinski definition) is 2. The molecule has 4 nitrogen and oxygen atoms in total. The normalized spacial score (nSPS) is 9.60. The summed E-state index contributed by atoms with van der Waals surface area (Å²) in [4.78, 5) is 3.38. The highest BCUT2D eigenvalue weighted by Gasteiger charge is 2.27. The van der Waals surface area contributed by atoms with Crippen LogP contribution in [0.25, 0.3) is 0 Å². The number of nitrogens with one attached hydrogen (secondary N) is 1. The average Bonchev–Trinajstić information content (AvgIpc) is 1.59. The molecule has 0 fully saturated rings. The molecule has 66 valence electrons. The minimum atomic E-state index is -4.39. The highest BCUT2D eigenvalue weighted by Crippen LogP contribution is 2.13. The van der Waals surface area contributed by atoms with Crippen molar-refractivity contribution in [2.24, 2.45) is 0 Å². The second-order valence-corrected chi connectivity index (χ2v) is 0.995. The molecule has 0 amide bonds. The Morgan fingerprint density at radius 1 is 1.40 bits per heavy atom. The summed E-state index contributed by atoms with van der Waals surface area (Å²) < 4.78 is 32.9. The van der Waals surface area contributed by atoms with Crippen molar-refractivity contribution in [1.29, 1.82) is 0 Å². The monoisotopic (exact) mass is 185 g/mol. The molecule has 0 rings (SSSR count). The van der Waals surface area contributed by atoms with E-state index in [1.54, 1.807) is 0 Å². The molecule has 0 unspecified atom stereocenters. The Morgan fingerprint density at radius 3 is 1.90 bits per heavy atom. The summed E-state index contributed by atoms with van der Waals surface area (Å²) in [5.74, 6) is 0. The molecule has 0 aromatic carbocycles. The predicted molar refractivity (Wildman–Crippen MR) is 27.8 cm³/mol. The largest absolute Gasteiger partial charge is 0.413 e. The van der Waals surface area contributed by atoms with Crippen LogP contribution in [0.2, 0.25) is 0 Å². The van der Waals surface area contributed by atoms with Crippen LogP contribution in [-0.4, -0.2) is 23.5 Å². The Labute approximate surface area is 60.6 Å². The lowest BCUT2D eigenvalue weighted by Crippen LogP contribution is -2.22. The van der Waals surface area contributed by atoms with E-state index in [0.717, 1.165) is 5.64 Å². The quantitative estimate of drug-likeness (QED) is 0.598. The van der Waals surface area contributed by atoms with Crippen molar-refractivity contribution in [2.75, 3.05) is 6.61 Å². The van der Waals surface area contributed by atoms with Crippen molar-refractivity contribution in [2.45, 2.75) is 6.18 Å². The third-order valence-electron chi connectivity index (χ3n) is 0.300. The highest BCUT2D eigenvalue weighted by atomic mass is 35.5. The summed E-state index contributed by atoms with van der Waals surface area (Å²) in [7, 11) is 0. The van der Waals surface area contributed by atoms with Gasteiger partial charge in [0.15, 0.2) is 6.61 Å². The number of hydrogen-bond acceptors (Lipinski definition) is 3. The topological polar surface area (TPSA) is 73.0 Å². The van der Waals surface area contributed by atoms with E-state index < -0.39 is 12.8 Å². The Bertz CT molecular complexity index is 69.3. The average molecular weight is 186 g/mol. The molecule has 0 aliphatic carbocycles. The van der Waals surface area contributed by atoms with Crippen LogP contribution in [0.3, 0.4) is 0 Å². The lowest BCUT2D eigenvalue weighted by atomic mass is 10.7. The highest BCUT2D eigenvalue weighted by molar-refractivity contribution is 5.85. The fourth-order valence-corrected chi connectivity index (χ4v) is 0.114. The van der Waals surface area contributed by atoms with E-state index >= 15 is 0 Å². The van der Waals surface area contributed by atoms with Crippen LogP contribution in [0.15, 0.2) is 0 Å². The van der Waals surface area contributed by atoms with Crippen molar-refractivity contribution < 1.29 is 28.7 Å². The lowest BCUT2D eigenvalue weighted by Gasteiger charge is -2.02. The van der Waals surface area contributed by atoms with Crippen LogP contribution in [0.5, 0.6) is 0 Å². The summed E-state index contributed by atoms with van der Waals surface area (Å²) in [6.07, 6.45) is -4.39. The summed E-state index contributed by atoms with van der Waals surface area (Å²) in [5.41, 5.74) is 0.904. The Hall–Kier alpha value is -0.0800. The van der Waals surface area contributed by atoms with Crippen LogP contribution in [0, 0.1) is 0 Å². The lowest BCUT2D eigenvalue weighted by molar-refractivity contribution is -0.229. The summed E-state index contributed by atoms with van der Waals surface area (Å²) in [6.45, 7) is -1.50. The van der Waals surface area contributed by atoms with Crippen LogP contribution >= 0.6 is 12.4 Å². The van der Waals surface area contributed by atoms with Crippen LogP contribution < -0.4 is 5.64 Å². The molecule has 0 aliphatic rings. The molecule has 0 aromatic heterocycles. The number of halogens is 4. The molecular weight excluding hydrogens is 178 g/mol. The van der Waals surface area contributed by atoms with Crippen molar-refractivity contribution in [3.8, 4) is 0 Å². The van der Waals surface area contributed by atoms with Gasteiger partial charge in [0.2, 0.25) is 0 Å². The molecule has 0 aliphatic heterocycles. The molecule has 0 saturated heterocycles. The minimum absolute atomic E-state index is 0. The van der Waals surface area contributed by atoms with Crippen LogP contribution in [0.4, 0.5) is 13.2 Å². The Morgan fingerprint density at radius 2 is 1.80 bits per heavy atom. The molecule has 0 saturated carbocycles. The maximum atomic E-state index is 11.0. The van der Waals surface area contributed by atoms with Crippen molar-refractivity contribution in [1.82, 2.24) is 5.64 Å². The maximum Gasteiger partial charge on any atom is 0.413 e. The van der Waals surface area contributed by atoms with E-state index in [0.29, 0.717) is 0 Å². The fraction of sp³-hybridized carbons (Fsp3) is 1.00. The van der Waals surface area contributed by atoms with E-state index in [4.69, 9.17) is 5.21 Å². The van der Waals surface area contributed by atoms with Gasteiger partial charge in [-0.2, -0.15) is 13.2 Å². The van der Waals surface area contributed by atoms with Gasteiger partial charge in [-0.25, -0.2) is 0 Å². The van der Waals surface area contributed by atoms with Crippen molar-refractivity contribution >= 4 is 12.4 Å². The standard InChI is InChI=1S/C2H4F3NO2.ClH.H2O/c3-2(4,5)1-8-6-7;;/h6-7H,1H2;1H;1H2. The first kappa shape index (κ1) is 16.5. The van der Waals surface area contributed by atoms with Gasteiger partial charge in [0.05, 0.1) is 0 Å². The zero-order valence-corrected chi connectivity index (χ0v) is 5.42. The molecule has 4 N–H and O–H groups in total. The van der Waals surface area contributed by atoms with Crippen molar-refractivity contribution in [3.05, 3.63) is 0 Å². The van der Waals surface area contributed by atoms with Crippen LogP contribution in [0.1, 0.15) is 0 Å². The summed E-state index contributed by atoms with van der Waals surface area (Å²) in [5, 5.41) is 7.46. The molecule has 0 aromatic rings. The van der Waals surface area contributed by atoms with Gasteiger partial charge >= 0.3 is 6.18 Å². The van der Waals surface area contributed by atoms with Gasteiger partial charge in [0, 0.05) is 0 Å². The maximum absolute atomic E-state index is 11.0. The van der Waals surface area contributed by atoms with E-state index in [2.05, 4.69) is 4.84 Å². The first-order chi connectivity index (χ1) is 3.56. The van der Waals surface area contributed by atoms with Gasteiger partial charge in [-0.3, -0.25) is 10.0 Å². The third-order valence-corrected chi connectivity index (χ3v) is 0.300. The van der Waals surface area contributed by atoms with Gasteiger partial charge in [-0.15, -0.1) is 12.4 Å². The van der Waals surface area contributed by atoms with E-state index in [1.807, 2.05) is 0 Å². The molecule has 0 bridgehead atoms. The molecule has 10 heavy (non-hydrogen) atoms. The summed E-state index contributed by atoms with van der Waals surface area (Å²) >= 11 is 0. The van der Waals surface area contributed by atoms with Gasteiger partial charge in [-0.1, -0.05) is 5.64 Å². The molecule has 0 spiro atoms. The van der Waals surface area contributed by atoms with Gasteiger partial charge in [0.1, 0.15) is 0 Å².